The van der Waals surface area contributed by atoms with Crippen molar-refractivity contribution in [1.82, 2.24) is 0 Å². The highest BCUT2D eigenvalue weighted by Crippen LogP contribution is 2.44. The van der Waals surface area contributed by atoms with Gasteiger partial charge in [-0.15, -0.1) is 0 Å². The predicted molar refractivity (Wildman–Crippen MR) is 112 cm³/mol. The lowest BCUT2D eigenvalue weighted by Crippen LogP contribution is -2.20. The van der Waals surface area contributed by atoms with Crippen LogP contribution in [0.2, 0.25) is 10.0 Å². The zero-order valence-corrected chi connectivity index (χ0v) is 17.0. The molecular formula is C21H15Cl2NO5. The minimum atomic E-state index is -0.958. The molecule has 0 spiro atoms. The molecule has 0 aromatic heterocycles. The minimum absolute atomic E-state index is 0.121. The zero-order valence-electron chi connectivity index (χ0n) is 15.4. The van der Waals surface area contributed by atoms with Crippen LogP contribution in [0.15, 0.2) is 48.2 Å². The van der Waals surface area contributed by atoms with Crippen LogP contribution in [0.5, 0.6) is 17.2 Å². The van der Waals surface area contributed by atoms with Crippen molar-refractivity contribution in [2.24, 2.45) is 0 Å². The Labute approximate surface area is 176 Å². The highest BCUT2D eigenvalue weighted by atomic mass is 35.5. The Bertz CT molecular complexity index is 1180. The van der Waals surface area contributed by atoms with Crippen LogP contribution >= 0.6 is 23.2 Å². The molecule has 1 aliphatic rings. The van der Waals surface area contributed by atoms with Crippen LogP contribution in [0.3, 0.4) is 0 Å². The third-order valence-electron chi connectivity index (χ3n) is 4.79. The van der Waals surface area contributed by atoms with Gasteiger partial charge in [-0.3, -0.25) is 10.1 Å². The van der Waals surface area contributed by atoms with Crippen LogP contribution in [0.1, 0.15) is 17.2 Å². The van der Waals surface area contributed by atoms with Crippen molar-refractivity contribution >= 4 is 40.1 Å². The van der Waals surface area contributed by atoms with Gasteiger partial charge in [-0.25, -0.2) is 0 Å². The lowest BCUT2D eigenvalue weighted by atomic mass is 9.96. The molecule has 4 rings (SSSR count). The van der Waals surface area contributed by atoms with Gasteiger partial charge in [0.2, 0.25) is 6.10 Å². The van der Waals surface area contributed by atoms with Gasteiger partial charge < -0.3 is 14.2 Å². The second-order valence-corrected chi connectivity index (χ2v) is 7.24. The molecule has 0 saturated carbocycles. The Kier molecular flexibility index (Phi) is 4.98. The summed E-state index contributed by atoms with van der Waals surface area (Å²) < 4.78 is 16.8. The fraction of sp³-hybridized carbons (Fsp3) is 0.143. The topological polar surface area (TPSA) is 70.8 Å². The second-order valence-electron chi connectivity index (χ2n) is 6.40. The first kappa shape index (κ1) is 19.4. The number of fused-ring (bicyclic) bond motifs is 3. The Balaban J connectivity index is 1.92. The highest BCUT2D eigenvalue weighted by molar-refractivity contribution is 6.35. The molecule has 3 aromatic carbocycles. The summed E-state index contributed by atoms with van der Waals surface area (Å²) in [7, 11) is 3.09. The summed E-state index contributed by atoms with van der Waals surface area (Å²) >= 11 is 12.2. The van der Waals surface area contributed by atoms with E-state index in [2.05, 4.69) is 0 Å². The standard InChI is InChI=1S/C21H15Cl2NO5/c1-27-19-7-11-3-6-18-15(14(11)10-20(19)28-2)9-17(24(25)26)21(29-18)13-5-4-12(22)8-16(13)23/h3-10,21H,1-2H3. The second kappa shape index (κ2) is 7.46. The third-order valence-corrected chi connectivity index (χ3v) is 5.35. The van der Waals surface area contributed by atoms with Crippen molar-refractivity contribution < 1.29 is 19.1 Å². The normalized spacial score (nSPS) is 15.3. The molecule has 1 atom stereocenters. The summed E-state index contributed by atoms with van der Waals surface area (Å²) in [5, 5.41) is 14.2. The first-order valence-corrected chi connectivity index (χ1v) is 9.35. The summed E-state index contributed by atoms with van der Waals surface area (Å²) in [6.07, 6.45) is 0.558. The maximum Gasteiger partial charge on any atom is 0.291 e. The Morgan fingerprint density at radius 2 is 1.76 bits per heavy atom. The van der Waals surface area contributed by atoms with E-state index in [9.17, 15) is 10.1 Å². The van der Waals surface area contributed by atoms with E-state index in [1.54, 1.807) is 31.4 Å². The van der Waals surface area contributed by atoms with Crippen molar-refractivity contribution in [2.45, 2.75) is 6.10 Å². The van der Waals surface area contributed by atoms with Crippen molar-refractivity contribution in [3.05, 3.63) is 79.4 Å². The SMILES string of the molecule is COc1cc2ccc3c(c2cc1OC)C=C([N+](=O)[O-])C(c1ccc(Cl)cc1Cl)O3. The molecule has 29 heavy (non-hydrogen) atoms. The van der Waals surface area contributed by atoms with E-state index in [1.165, 1.54) is 19.3 Å². The summed E-state index contributed by atoms with van der Waals surface area (Å²) in [4.78, 5) is 11.4. The van der Waals surface area contributed by atoms with E-state index in [0.717, 1.165) is 10.8 Å². The molecule has 6 nitrogen and oxygen atoms in total. The number of nitro groups is 1. The quantitative estimate of drug-likeness (QED) is 0.378. The monoisotopic (exact) mass is 431 g/mol. The van der Waals surface area contributed by atoms with Crippen LogP contribution in [0.25, 0.3) is 16.8 Å². The number of halogens is 2. The summed E-state index contributed by atoms with van der Waals surface area (Å²) in [5.74, 6) is 1.60. The van der Waals surface area contributed by atoms with Gasteiger partial charge in [0.15, 0.2) is 11.5 Å². The molecule has 0 radical (unpaired) electrons. The summed E-state index contributed by atoms with van der Waals surface area (Å²) in [6, 6.07) is 12.0. The molecule has 0 saturated heterocycles. The fourth-order valence-corrected chi connectivity index (χ4v) is 3.91. The van der Waals surface area contributed by atoms with E-state index < -0.39 is 11.0 Å². The third kappa shape index (κ3) is 3.34. The van der Waals surface area contributed by atoms with E-state index in [-0.39, 0.29) is 5.70 Å². The number of methoxy groups -OCH3 is 2. The van der Waals surface area contributed by atoms with Gasteiger partial charge in [-0.2, -0.15) is 0 Å². The lowest BCUT2D eigenvalue weighted by molar-refractivity contribution is -0.434. The van der Waals surface area contributed by atoms with Gasteiger partial charge in [0.25, 0.3) is 5.70 Å². The van der Waals surface area contributed by atoms with Crippen molar-refractivity contribution in [3.63, 3.8) is 0 Å². The van der Waals surface area contributed by atoms with E-state index in [1.807, 2.05) is 12.1 Å². The molecule has 0 aliphatic carbocycles. The smallest absolute Gasteiger partial charge is 0.291 e. The highest BCUT2D eigenvalue weighted by Gasteiger charge is 2.35. The molecule has 0 fully saturated rings. The maximum absolute atomic E-state index is 11.8. The molecule has 0 N–H and O–H groups in total. The molecule has 3 aromatic rings. The van der Waals surface area contributed by atoms with Gasteiger partial charge >= 0.3 is 0 Å². The predicted octanol–water partition coefficient (Wildman–Crippen LogP) is 5.92. The van der Waals surface area contributed by atoms with Crippen molar-refractivity contribution in [1.29, 1.82) is 0 Å². The van der Waals surface area contributed by atoms with Crippen LogP contribution < -0.4 is 14.2 Å². The minimum Gasteiger partial charge on any atom is -0.493 e. The molecule has 1 heterocycles. The molecule has 1 unspecified atom stereocenters. The summed E-state index contributed by atoms with van der Waals surface area (Å²) in [6.45, 7) is 0. The molecule has 0 bridgehead atoms. The van der Waals surface area contributed by atoms with E-state index >= 15 is 0 Å². The first-order chi connectivity index (χ1) is 13.9. The number of benzene rings is 3. The molecule has 0 amide bonds. The largest absolute Gasteiger partial charge is 0.493 e. The Morgan fingerprint density at radius 1 is 1.03 bits per heavy atom. The zero-order chi connectivity index (χ0) is 20.7. The average Bonchev–Trinajstić information content (AvgIpc) is 2.71. The van der Waals surface area contributed by atoms with Gasteiger partial charge in [-0.1, -0.05) is 35.3 Å². The van der Waals surface area contributed by atoms with E-state index in [4.69, 9.17) is 37.4 Å². The first-order valence-electron chi connectivity index (χ1n) is 8.59. The van der Waals surface area contributed by atoms with Crippen LogP contribution in [0, 0.1) is 10.1 Å². The van der Waals surface area contributed by atoms with Crippen LogP contribution in [-0.2, 0) is 0 Å². The Hall–Kier alpha value is -2.96. The number of nitrogens with zero attached hydrogens (tertiary/aromatic N) is 1. The van der Waals surface area contributed by atoms with Gasteiger partial charge in [-0.05, 0) is 41.1 Å². The molecule has 1 aliphatic heterocycles. The van der Waals surface area contributed by atoms with Crippen LogP contribution in [-0.4, -0.2) is 19.1 Å². The lowest BCUT2D eigenvalue weighted by Gasteiger charge is -2.24. The maximum atomic E-state index is 11.8. The average molecular weight is 432 g/mol. The Morgan fingerprint density at radius 3 is 2.41 bits per heavy atom. The van der Waals surface area contributed by atoms with Crippen LogP contribution in [0.4, 0.5) is 0 Å². The van der Waals surface area contributed by atoms with Crippen molar-refractivity contribution in [2.75, 3.05) is 14.2 Å². The molecular weight excluding hydrogens is 417 g/mol. The number of hydrogen-bond acceptors (Lipinski definition) is 5. The number of rotatable bonds is 4. The van der Waals surface area contributed by atoms with E-state index in [0.29, 0.717) is 38.4 Å². The van der Waals surface area contributed by atoms with Crippen molar-refractivity contribution in [3.8, 4) is 17.2 Å². The summed E-state index contributed by atoms with van der Waals surface area (Å²) in [5.41, 5.74) is 0.942. The number of hydrogen-bond donors (Lipinski definition) is 0. The number of ether oxygens (including phenoxy) is 3. The van der Waals surface area contributed by atoms with Gasteiger partial charge in [0, 0.05) is 27.2 Å². The fourth-order valence-electron chi connectivity index (χ4n) is 3.40. The molecule has 148 valence electrons. The van der Waals surface area contributed by atoms with Gasteiger partial charge in [0.1, 0.15) is 5.75 Å². The van der Waals surface area contributed by atoms with Gasteiger partial charge in [0.05, 0.1) is 19.1 Å². The molecule has 8 heteroatoms.